The Kier molecular flexibility index (Phi) is 6.11. The van der Waals surface area contributed by atoms with Gasteiger partial charge in [0.2, 0.25) is 5.43 Å². The Morgan fingerprint density at radius 3 is 2.73 bits per heavy atom. The molecule has 0 saturated heterocycles. The molecule has 1 atom stereocenters. The Morgan fingerprint density at radius 1 is 1.07 bits per heavy atom. The van der Waals surface area contributed by atoms with Crippen molar-refractivity contribution >= 4 is 39.2 Å². The SMILES string of the molecule is Cc1c[nH]c2cc(C(=N)c3c(N)ncnc3NC(C)c3oc4ccccc4c(=O)c3-c3cccc(F)c3)ccc12. The molecule has 9 heteroatoms. The molecule has 0 bridgehead atoms. The average Bonchev–Trinajstić information content (AvgIpc) is 3.32. The standard InChI is InChI=1S/C31H25FN6O2/c1-16-14-35-23-13-19(10-11-21(16)23)27(33)26-30(34)36-15-37-31(26)38-17(2)29-25(18-6-5-7-20(32)12-18)28(39)22-8-3-4-9-24(22)40-29/h3-15,17,33,35H,1-2H3,(H3,34,36,37,38). The van der Waals surface area contributed by atoms with E-state index < -0.39 is 11.9 Å². The van der Waals surface area contributed by atoms with Crippen LogP contribution in [0, 0.1) is 18.2 Å². The van der Waals surface area contributed by atoms with Crippen LogP contribution in [-0.2, 0) is 0 Å². The topological polar surface area (TPSA) is 134 Å². The number of hydrogen-bond acceptors (Lipinski definition) is 7. The maximum atomic E-state index is 14.2. The smallest absolute Gasteiger partial charge is 0.200 e. The van der Waals surface area contributed by atoms with E-state index in [0.29, 0.717) is 39.2 Å². The zero-order valence-electron chi connectivity index (χ0n) is 21.7. The monoisotopic (exact) mass is 532 g/mol. The molecule has 8 nitrogen and oxygen atoms in total. The summed E-state index contributed by atoms with van der Waals surface area (Å²) in [4.78, 5) is 25.4. The minimum Gasteiger partial charge on any atom is -0.458 e. The summed E-state index contributed by atoms with van der Waals surface area (Å²) in [5, 5.41) is 13.7. The number of aromatic amines is 1. The summed E-state index contributed by atoms with van der Waals surface area (Å²) in [5.74, 6) is 0.258. The van der Waals surface area contributed by atoms with Gasteiger partial charge in [-0.25, -0.2) is 14.4 Å². The molecular formula is C31H25FN6O2. The number of para-hydroxylation sites is 1. The fraction of sp³-hybridized carbons (Fsp3) is 0.0968. The van der Waals surface area contributed by atoms with E-state index in [0.717, 1.165) is 16.5 Å². The molecule has 198 valence electrons. The van der Waals surface area contributed by atoms with Crippen LogP contribution < -0.4 is 16.5 Å². The second-order valence-electron chi connectivity index (χ2n) is 9.63. The highest BCUT2D eigenvalue weighted by Gasteiger charge is 2.24. The van der Waals surface area contributed by atoms with Gasteiger partial charge in [-0.15, -0.1) is 0 Å². The highest BCUT2D eigenvalue weighted by atomic mass is 19.1. The summed E-state index contributed by atoms with van der Waals surface area (Å²) in [6.07, 6.45) is 3.23. The van der Waals surface area contributed by atoms with Crippen LogP contribution >= 0.6 is 0 Å². The predicted octanol–water partition coefficient (Wildman–Crippen LogP) is 6.35. The number of anilines is 2. The van der Waals surface area contributed by atoms with Crippen LogP contribution in [0.15, 0.2) is 88.5 Å². The van der Waals surface area contributed by atoms with Gasteiger partial charge in [-0.2, -0.15) is 0 Å². The quantitative estimate of drug-likeness (QED) is 0.185. The molecule has 0 aliphatic heterocycles. The third-order valence-corrected chi connectivity index (χ3v) is 6.99. The summed E-state index contributed by atoms with van der Waals surface area (Å²) in [6.45, 7) is 3.81. The lowest BCUT2D eigenvalue weighted by Gasteiger charge is -2.20. The van der Waals surface area contributed by atoms with E-state index in [9.17, 15) is 9.18 Å². The number of nitrogen functional groups attached to an aromatic ring is 1. The van der Waals surface area contributed by atoms with Crippen molar-refractivity contribution in [3.05, 3.63) is 118 Å². The lowest BCUT2D eigenvalue weighted by molar-refractivity contribution is 0.515. The number of nitrogens with two attached hydrogens (primary N) is 1. The van der Waals surface area contributed by atoms with Crippen molar-refractivity contribution in [2.24, 2.45) is 0 Å². The van der Waals surface area contributed by atoms with Crippen molar-refractivity contribution in [2.75, 3.05) is 11.1 Å². The predicted molar refractivity (Wildman–Crippen MR) is 155 cm³/mol. The van der Waals surface area contributed by atoms with E-state index >= 15 is 0 Å². The van der Waals surface area contributed by atoms with Crippen molar-refractivity contribution < 1.29 is 8.81 Å². The number of rotatable bonds is 6. The van der Waals surface area contributed by atoms with Crippen molar-refractivity contribution in [3.63, 3.8) is 0 Å². The van der Waals surface area contributed by atoms with Crippen molar-refractivity contribution in [1.82, 2.24) is 15.0 Å². The Balaban J connectivity index is 1.45. The van der Waals surface area contributed by atoms with Gasteiger partial charge in [0.15, 0.2) is 0 Å². The molecule has 3 aromatic heterocycles. The summed E-state index contributed by atoms with van der Waals surface area (Å²) in [5.41, 5.74) is 10.1. The zero-order chi connectivity index (χ0) is 28.0. The third kappa shape index (κ3) is 4.27. The van der Waals surface area contributed by atoms with Crippen LogP contribution in [-0.4, -0.2) is 20.7 Å². The number of hydrogen-bond donors (Lipinski definition) is 4. The normalized spacial score (nSPS) is 12.1. The molecular weight excluding hydrogens is 507 g/mol. The molecule has 5 N–H and O–H groups in total. The Hall–Kier alpha value is -5.31. The Bertz CT molecular complexity index is 1990. The molecule has 1 unspecified atom stereocenters. The van der Waals surface area contributed by atoms with Crippen molar-refractivity contribution in [2.45, 2.75) is 19.9 Å². The molecule has 0 radical (unpaired) electrons. The van der Waals surface area contributed by atoms with Gasteiger partial charge < -0.3 is 20.5 Å². The third-order valence-electron chi connectivity index (χ3n) is 6.99. The van der Waals surface area contributed by atoms with Crippen LogP contribution in [0.25, 0.3) is 33.0 Å². The van der Waals surface area contributed by atoms with E-state index in [2.05, 4.69) is 20.3 Å². The Labute approximate surface area is 228 Å². The van der Waals surface area contributed by atoms with Gasteiger partial charge in [-0.3, -0.25) is 10.2 Å². The number of aromatic nitrogens is 3. The summed E-state index contributed by atoms with van der Waals surface area (Å²) >= 11 is 0. The minimum atomic E-state index is -0.620. The van der Waals surface area contributed by atoms with Crippen LogP contribution in [0.1, 0.15) is 35.4 Å². The molecule has 0 aliphatic rings. The number of H-pyrrole nitrogens is 1. The van der Waals surface area contributed by atoms with E-state index in [1.165, 1.54) is 18.5 Å². The molecule has 0 aliphatic carbocycles. The molecule has 40 heavy (non-hydrogen) atoms. The van der Waals surface area contributed by atoms with Gasteiger partial charge in [-0.1, -0.05) is 36.4 Å². The Morgan fingerprint density at radius 2 is 1.90 bits per heavy atom. The van der Waals surface area contributed by atoms with E-state index in [1.54, 1.807) is 43.3 Å². The number of halogens is 1. The second kappa shape index (κ2) is 9.77. The van der Waals surface area contributed by atoms with Gasteiger partial charge in [-0.05, 0) is 55.3 Å². The van der Waals surface area contributed by atoms with Gasteiger partial charge in [0.1, 0.15) is 35.1 Å². The number of benzene rings is 3. The van der Waals surface area contributed by atoms with Gasteiger partial charge in [0.25, 0.3) is 0 Å². The fourth-order valence-corrected chi connectivity index (χ4v) is 4.98. The number of nitrogens with one attached hydrogen (secondary N) is 3. The minimum absolute atomic E-state index is 0.128. The van der Waals surface area contributed by atoms with Crippen LogP contribution in [0.2, 0.25) is 0 Å². The summed E-state index contributed by atoms with van der Waals surface area (Å²) in [7, 11) is 0. The van der Waals surface area contributed by atoms with E-state index in [4.69, 9.17) is 15.6 Å². The van der Waals surface area contributed by atoms with Crippen molar-refractivity contribution in [1.29, 1.82) is 5.41 Å². The first-order valence-corrected chi connectivity index (χ1v) is 12.7. The maximum Gasteiger partial charge on any atom is 0.200 e. The summed E-state index contributed by atoms with van der Waals surface area (Å²) in [6, 6.07) is 17.8. The van der Waals surface area contributed by atoms with Crippen LogP contribution in [0.4, 0.5) is 16.0 Å². The molecule has 6 rings (SSSR count). The zero-order valence-corrected chi connectivity index (χ0v) is 21.7. The fourth-order valence-electron chi connectivity index (χ4n) is 4.98. The molecule has 6 aromatic rings. The average molecular weight is 533 g/mol. The molecule has 0 amide bonds. The number of fused-ring (bicyclic) bond motifs is 2. The number of aryl methyl sites for hydroxylation is 1. The molecule has 0 fully saturated rings. The molecule has 0 saturated carbocycles. The first-order chi connectivity index (χ1) is 19.3. The van der Waals surface area contributed by atoms with E-state index in [1.807, 2.05) is 31.3 Å². The molecule has 3 heterocycles. The van der Waals surface area contributed by atoms with Crippen LogP contribution in [0.3, 0.4) is 0 Å². The summed E-state index contributed by atoms with van der Waals surface area (Å²) < 4.78 is 20.5. The maximum absolute atomic E-state index is 14.2. The largest absolute Gasteiger partial charge is 0.458 e. The lowest BCUT2D eigenvalue weighted by Crippen LogP contribution is -2.18. The lowest BCUT2D eigenvalue weighted by atomic mass is 9.98. The van der Waals surface area contributed by atoms with Gasteiger partial charge in [0, 0.05) is 22.7 Å². The van der Waals surface area contributed by atoms with Crippen molar-refractivity contribution in [3.8, 4) is 11.1 Å². The molecule has 3 aromatic carbocycles. The number of nitrogens with zero attached hydrogens (tertiary/aromatic N) is 2. The van der Waals surface area contributed by atoms with E-state index in [-0.39, 0.29) is 22.5 Å². The second-order valence-corrected chi connectivity index (χ2v) is 9.63. The van der Waals surface area contributed by atoms with Gasteiger partial charge in [0.05, 0.1) is 28.3 Å². The first-order valence-electron chi connectivity index (χ1n) is 12.7. The first kappa shape index (κ1) is 25.0. The highest BCUT2D eigenvalue weighted by molar-refractivity contribution is 6.17. The van der Waals surface area contributed by atoms with Crippen LogP contribution in [0.5, 0.6) is 0 Å². The highest BCUT2D eigenvalue weighted by Crippen LogP contribution is 2.33. The molecule has 0 spiro atoms. The van der Waals surface area contributed by atoms with Gasteiger partial charge >= 0.3 is 0 Å².